The average molecular weight is 265 g/mol. The van der Waals surface area contributed by atoms with Crippen molar-refractivity contribution in [1.82, 2.24) is 9.78 Å². The molecule has 0 bridgehead atoms. The summed E-state index contributed by atoms with van der Waals surface area (Å²) in [7, 11) is 0. The van der Waals surface area contributed by atoms with E-state index in [1.165, 1.54) is 28.4 Å². The average Bonchev–Trinajstić information content (AvgIpc) is 2.89. The summed E-state index contributed by atoms with van der Waals surface area (Å²) in [6.07, 6.45) is 3.21. The van der Waals surface area contributed by atoms with Gasteiger partial charge in [0.05, 0.1) is 18.3 Å². The van der Waals surface area contributed by atoms with Gasteiger partial charge in [0, 0.05) is 6.20 Å². The molecule has 0 aromatic carbocycles. The summed E-state index contributed by atoms with van der Waals surface area (Å²) in [5.74, 6) is -1.13. The normalized spacial score (nSPS) is 10.2. The molecule has 0 aliphatic heterocycles. The number of nitrogens with one attached hydrogen (secondary N) is 1. The summed E-state index contributed by atoms with van der Waals surface area (Å²) >= 11 is 1.54. The molecule has 0 radical (unpaired) electrons. The maximum absolute atomic E-state index is 11.7. The molecule has 0 atom stereocenters. The predicted molar refractivity (Wildman–Crippen MR) is 66.5 cm³/mol. The van der Waals surface area contributed by atoms with Crippen molar-refractivity contribution < 1.29 is 14.7 Å². The number of rotatable bonds is 5. The van der Waals surface area contributed by atoms with Gasteiger partial charge >= 0.3 is 5.97 Å². The molecule has 1 amide bonds. The third kappa shape index (κ3) is 3.42. The van der Waals surface area contributed by atoms with Gasteiger partial charge in [0.15, 0.2) is 0 Å². The fraction of sp³-hybridized carbons (Fsp3) is 0.182. The Kier molecular flexibility index (Phi) is 3.73. The van der Waals surface area contributed by atoms with Crippen LogP contribution in [-0.2, 0) is 22.6 Å². The molecule has 7 heteroatoms. The molecule has 0 fully saturated rings. The number of thiophene rings is 1. The topological polar surface area (TPSA) is 84.2 Å². The van der Waals surface area contributed by atoms with E-state index < -0.39 is 5.97 Å². The second kappa shape index (κ2) is 5.46. The van der Waals surface area contributed by atoms with Crippen LogP contribution in [0, 0.1) is 0 Å². The van der Waals surface area contributed by atoms with Gasteiger partial charge in [0.1, 0.15) is 6.54 Å². The van der Waals surface area contributed by atoms with E-state index in [0.717, 1.165) is 5.56 Å². The third-order valence-corrected chi connectivity index (χ3v) is 2.89. The zero-order chi connectivity index (χ0) is 13.0. The fourth-order valence-corrected chi connectivity index (χ4v) is 2.11. The van der Waals surface area contributed by atoms with Gasteiger partial charge in [-0.25, -0.2) is 0 Å². The lowest BCUT2D eigenvalue weighted by Gasteiger charge is -2.00. The van der Waals surface area contributed by atoms with Crippen molar-refractivity contribution in [3.8, 4) is 0 Å². The Morgan fingerprint density at radius 3 is 3.00 bits per heavy atom. The summed E-state index contributed by atoms with van der Waals surface area (Å²) < 4.78 is 1.25. The molecule has 0 aliphatic rings. The monoisotopic (exact) mass is 265 g/mol. The Balaban J connectivity index is 1.91. The first-order valence-electron chi connectivity index (χ1n) is 5.18. The Hall–Kier alpha value is -2.15. The highest BCUT2D eigenvalue weighted by Gasteiger charge is 2.07. The first kappa shape index (κ1) is 12.3. The number of carboxylic acids is 1. The Labute approximate surface area is 107 Å². The number of hydrogen-bond acceptors (Lipinski definition) is 4. The fourth-order valence-electron chi connectivity index (χ4n) is 1.44. The van der Waals surface area contributed by atoms with Crippen LogP contribution in [0.25, 0.3) is 0 Å². The number of carbonyl (C=O) groups excluding carboxylic acids is 1. The van der Waals surface area contributed by atoms with E-state index in [1.54, 1.807) is 0 Å². The molecule has 0 unspecified atom stereocenters. The molecule has 0 spiro atoms. The van der Waals surface area contributed by atoms with E-state index in [0.29, 0.717) is 12.1 Å². The van der Waals surface area contributed by atoms with Crippen LogP contribution in [0.2, 0.25) is 0 Å². The molecular formula is C11H11N3O3S. The lowest BCUT2D eigenvalue weighted by molar-refractivity contribution is -0.137. The van der Waals surface area contributed by atoms with Crippen molar-refractivity contribution in [3.63, 3.8) is 0 Å². The van der Waals surface area contributed by atoms with Crippen LogP contribution in [0.5, 0.6) is 0 Å². The van der Waals surface area contributed by atoms with Crippen molar-refractivity contribution in [2.24, 2.45) is 0 Å². The van der Waals surface area contributed by atoms with Crippen LogP contribution in [0.4, 0.5) is 5.69 Å². The van der Waals surface area contributed by atoms with Crippen molar-refractivity contribution in [2.75, 3.05) is 5.32 Å². The molecule has 0 saturated carbocycles. The molecule has 6 nitrogen and oxygen atoms in total. The SMILES string of the molecule is O=C(O)Cn1cc(NC(=O)Cc2ccsc2)cn1. The number of anilines is 1. The Bertz CT molecular complexity index is 548. The van der Waals surface area contributed by atoms with Crippen LogP contribution in [0.15, 0.2) is 29.2 Å². The van der Waals surface area contributed by atoms with Gasteiger partial charge in [0.25, 0.3) is 0 Å². The number of aliphatic carboxylic acids is 1. The van der Waals surface area contributed by atoms with Crippen LogP contribution >= 0.6 is 11.3 Å². The van der Waals surface area contributed by atoms with Gasteiger partial charge in [0.2, 0.25) is 5.91 Å². The number of amides is 1. The van der Waals surface area contributed by atoms with E-state index in [9.17, 15) is 9.59 Å². The Morgan fingerprint density at radius 2 is 2.33 bits per heavy atom. The van der Waals surface area contributed by atoms with Crippen molar-refractivity contribution in [1.29, 1.82) is 0 Å². The molecule has 2 aromatic heterocycles. The van der Waals surface area contributed by atoms with Gasteiger partial charge in [-0.3, -0.25) is 14.3 Å². The van der Waals surface area contributed by atoms with E-state index in [1.807, 2.05) is 16.8 Å². The van der Waals surface area contributed by atoms with E-state index in [2.05, 4.69) is 10.4 Å². The van der Waals surface area contributed by atoms with Gasteiger partial charge in [-0.15, -0.1) is 0 Å². The quantitative estimate of drug-likeness (QED) is 0.851. The number of carboxylic acid groups (broad SMARTS) is 1. The second-order valence-corrected chi connectivity index (χ2v) is 4.46. The summed E-state index contributed by atoms with van der Waals surface area (Å²) in [6, 6.07) is 1.89. The molecule has 18 heavy (non-hydrogen) atoms. The number of nitrogens with zero attached hydrogens (tertiary/aromatic N) is 2. The summed E-state index contributed by atoms with van der Waals surface area (Å²) in [5.41, 5.74) is 1.45. The lowest BCUT2D eigenvalue weighted by atomic mass is 10.2. The maximum Gasteiger partial charge on any atom is 0.325 e. The predicted octanol–water partition coefficient (Wildman–Crippen LogP) is 1.21. The van der Waals surface area contributed by atoms with E-state index in [-0.39, 0.29) is 12.5 Å². The highest BCUT2D eigenvalue weighted by Crippen LogP contribution is 2.09. The smallest absolute Gasteiger partial charge is 0.325 e. The number of hydrogen-bond donors (Lipinski definition) is 2. The van der Waals surface area contributed by atoms with Gasteiger partial charge in [-0.1, -0.05) is 0 Å². The summed E-state index contributed by atoms with van der Waals surface area (Å²) in [6.45, 7) is -0.222. The molecule has 0 saturated heterocycles. The highest BCUT2D eigenvalue weighted by atomic mass is 32.1. The minimum Gasteiger partial charge on any atom is -0.480 e. The van der Waals surface area contributed by atoms with Crippen molar-refractivity contribution in [3.05, 3.63) is 34.8 Å². The van der Waals surface area contributed by atoms with Crippen LogP contribution in [0.3, 0.4) is 0 Å². The highest BCUT2D eigenvalue weighted by molar-refractivity contribution is 7.08. The first-order valence-corrected chi connectivity index (χ1v) is 6.13. The maximum atomic E-state index is 11.7. The van der Waals surface area contributed by atoms with Crippen molar-refractivity contribution in [2.45, 2.75) is 13.0 Å². The molecule has 2 rings (SSSR count). The minimum absolute atomic E-state index is 0.150. The third-order valence-electron chi connectivity index (χ3n) is 2.16. The number of carbonyl (C=O) groups is 2. The summed E-state index contributed by atoms with van der Waals surface area (Å²) in [4.78, 5) is 22.1. The Morgan fingerprint density at radius 1 is 1.50 bits per heavy atom. The summed E-state index contributed by atoms with van der Waals surface area (Å²) in [5, 5.41) is 18.9. The molecule has 2 N–H and O–H groups in total. The van der Waals surface area contributed by atoms with E-state index in [4.69, 9.17) is 5.11 Å². The number of aromatic nitrogens is 2. The molecular weight excluding hydrogens is 254 g/mol. The largest absolute Gasteiger partial charge is 0.480 e. The first-order chi connectivity index (χ1) is 8.63. The molecule has 2 aromatic rings. The van der Waals surface area contributed by atoms with Gasteiger partial charge in [-0.2, -0.15) is 16.4 Å². The second-order valence-electron chi connectivity index (χ2n) is 3.68. The molecule has 0 aliphatic carbocycles. The van der Waals surface area contributed by atoms with Gasteiger partial charge < -0.3 is 10.4 Å². The zero-order valence-corrected chi connectivity index (χ0v) is 10.2. The van der Waals surface area contributed by atoms with Crippen molar-refractivity contribution >= 4 is 28.9 Å². The molecule has 94 valence electrons. The van der Waals surface area contributed by atoms with E-state index >= 15 is 0 Å². The minimum atomic E-state index is -0.978. The standard InChI is InChI=1S/C11H11N3O3S/c15-10(3-8-1-2-18-7-8)13-9-4-12-14(5-9)6-11(16)17/h1-2,4-5,7H,3,6H2,(H,13,15)(H,16,17). The van der Waals surface area contributed by atoms with Crippen LogP contribution in [0.1, 0.15) is 5.56 Å². The lowest BCUT2D eigenvalue weighted by Crippen LogP contribution is -2.13. The van der Waals surface area contributed by atoms with Crippen LogP contribution in [-0.4, -0.2) is 26.8 Å². The zero-order valence-electron chi connectivity index (χ0n) is 9.37. The van der Waals surface area contributed by atoms with Crippen LogP contribution < -0.4 is 5.32 Å². The van der Waals surface area contributed by atoms with Gasteiger partial charge in [-0.05, 0) is 22.4 Å². The molecule has 2 heterocycles.